The van der Waals surface area contributed by atoms with Crippen LogP contribution in [0.1, 0.15) is 43.2 Å². The molecule has 94 valence electrons. The Morgan fingerprint density at radius 3 is 2.39 bits per heavy atom. The van der Waals surface area contributed by atoms with Crippen molar-refractivity contribution in [3.05, 3.63) is 54.3 Å². The van der Waals surface area contributed by atoms with Gasteiger partial charge in [0.2, 0.25) is 0 Å². The third-order valence-electron chi connectivity index (χ3n) is 3.57. The van der Waals surface area contributed by atoms with Gasteiger partial charge in [-0.3, -0.25) is 0 Å². The molecule has 0 saturated heterocycles. The summed E-state index contributed by atoms with van der Waals surface area (Å²) in [6, 6.07) is 8.92. The Labute approximate surface area is 110 Å². The number of rotatable bonds is 4. The van der Waals surface area contributed by atoms with Crippen LogP contribution in [0.2, 0.25) is 0 Å². The van der Waals surface area contributed by atoms with E-state index in [4.69, 9.17) is 0 Å². The van der Waals surface area contributed by atoms with Crippen molar-refractivity contribution in [2.24, 2.45) is 0 Å². The van der Waals surface area contributed by atoms with E-state index in [1.807, 2.05) is 6.08 Å². The van der Waals surface area contributed by atoms with E-state index >= 15 is 0 Å². The zero-order valence-electron chi connectivity index (χ0n) is 10.9. The van der Waals surface area contributed by atoms with Gasteiger partial charge in [-0.1, -0.05) is 62.8 Å². The highest BCUT2D eigenvalue weighted by Gasteiger charge is 2.14. The number of nitrogens with one attached hydrogen (secondary N) is 1. The molecule has 0 aromatic heterocycles. The van der Waals surface area contributed by atoms with Crippen LogP contribution in [0.25, 0.3) is 11.8 Å². The zero-order valence-corrected chi connectivity index (χ0v) is 10.9. The Balaban J connectivity index is 2.07. The first-order valence-corrected chi connectivity index (χ1v) is 6.73. The molecule has 0 amide bonds. The largest absolute Gasteiger partial charge is 0.376 e. The number of benzene rings is 1. The van der Waals surface area contributed by atoms with Crippen molar-refractivity contribution in [3.63, 3.8) is 0 Å². The molecule has 18 heavy (non-hydrogen) atoms. The standard InChI is InChI=1S/C17H21N/c1-3-14-10-12-15(13-11-14)17(4-2)18-16-8-6-5-7-9-16/h3,10-13,16,18H,1-2,5-9H2. The van der Waals surface area contributed by atoms with Gasteiger partial charge in [-0.05, 0) is 18.4 Å². The second-order valence-electron chi connectivity index (χ2n) is 4.86. The van der Waals surface area contributed by atoms with E-state index in [0.717, 1.165) is 16.8 Å². The lowest BCUT2D eigenvalue weighted by Gasteiger charge is -2.24. The number of hydrogen-bond donors (Lipinski definition) is 1. The van der Waals surface area contributed by atoms with Gasteiger partial charge in [-0.15, -0.1) is 5.73 Å². The van der Waals surface area contributed by atoms with Crippen LogP contribution in [-0.4, -0.2) is 6.04 Å². The van der Waals surface area contributed by atoms with Gasteiger partial charge < -0.3 is 5.32 Å². The molecule has 0 aliphatic heterocycles. The molecule has 1 aromatic carbocycles. The topological polar surface area (TPSA) is 12.0 Å². The molecule has 0 atom stereocenters. The summed E-state index contributed by atoms with van der Waals surface area (Å²) < 4.78 is 0. The minimum atomic E-state index is 0.585. The lowest BCUT2D eigenvalue weighted by atomic mass is 9.95. The van der Waals surface area contributed by atoms with Crippen molar-refractivity contribution < 1.29 is 0 Å². The van der Waals surface area contributed by atoms with Crippen LogP contribution in [0.15, 0.2) is 43.2 Å². The summed E-state index contributed by atoms with van der Waals surface area (Å²) in [6.45, 7) is 7.57. The monoisotopic (exact) mass is 239 g/mol. The first-order chi connectivity index (χ1) is 8.83. The summed E-state index contributed by atoms with van der Waals surface area (Å²) in [4.78, 5) is 0. The lowest BCUT2D eigenvalue weighted by Crippen LogP contribution is -2.29. The summed E-state index contributed by atoms with van der Waals surface area (Å²) in [5.74, 6) is 0. The first kappa shape index (κ1) is 12.7. The highest BCUT2D eigenvalue weighted by Crippen LogP contribution is 2.21. The molecular weight excluding hydrogens is 218 g/mol. The Morgan fingerprint density at radius 1 is 1.17 bits per heavy atom. The second-order valence-corrected chi connectivity index (χ2v) is 4.86. The normalized spacial score (nSPS) is 15.8. The van der Waals surface area contributed by atoms with Crippen LogP contribution in [0.5, 0.6) is 0 Å². The molecule has 1 saturated carbocycles. The summed E-state index contributed by atoms with van der Waals surface area (Å²) in [5, 5.41) is 3.58. The molecule has 1 aromatic rings. The van der Waals surface area contributed by atoms with Gasteiger partial charge in [-0.2, -0.15) is 0 Å². The minimum absolute atomic E-state index is 0.585. The SMILES string of the molecule is C=C=C(NC1CCCCC1)c1ccc(C=C)cc1. The Kier molecular flexibility index (Phi) is 4.44. The summed E-state index contributed by atoms with van der Waals surface area (Å²) in [6.07, 6.45) is 8.41. The van der Waals surface area contributed by atoms with E-state index in [9.17, 15) is 0 Å². The number of hydrogen-bond acceptors (Lipinski definition) is 1. The second kappa shape index (κ2) is 6.28. The molecule has 0 heterocycles. The molecule has 1 aliphatic rings. The van der Waals surface area contributed by atoms with Crippen LogP contribution in [-0.2, 0) is 0 Å². The van der Waals surface area contributed by atoms with E-state index in [0.29, 0.717) is 6.04 Å². The minimum Gasteiger partial charge on any atom is -0.376 e. The maximum absolute atomic E-state index is 3.80. The van der Waals surface area contributed by atoms with Crippen LogP contribution < -0.4 is 5.32 Å². The Morgan fingerprint density at radius 2 is 1.83 bits per heavy atom. The molecule has 1 fully saturated rings. The molecule has 1 heteroatoms. The molecule has 0 spiro atoms. The van der Waals surface area contributed by atoms with E-state index < -0.39 is 0 Å². The van der Waals surface area contributed by atoms with Gasteiger partial charge in [0, 0.05) is 11.6 Å². The van der Waals surface area contributed by atoms with Crippen molar-refractivity contribution in [1.82, 2.24) is 5.32 Å². The van der Waals surface area contributed by atoms with E-state index in [-0.39, 0.29) is 0 Å². The smallest absolute Gasteiger partial charge is 0.0843 e. The molecule has 1 nitrogen and oxygen atoms in total. The van der Waals surface area contributed by atoms with E-state index in [1.165, 1.54) is 32.1 Å². The van der Waals surface area contributed by atoms with Crippen LogP contribution in [0.3, 0.4) is 0 Å². The highest BCUT2D eigenvalue weighted by molar-refractivity contribution is 5.64. The molecule has 0 bridgehead atoms. The van der Waals surface area contributed by atoms with Gasteiger partial charge in [-0.25, -0.2) is 0 Å². The third kappa shape index (κ3) is 3.15. The fraction of sp³-hybridized carbons (Fsp3) is 0.353. The molecule has 1 aliphatic carbocycles. The molecule has 0 unspecified atom stereocenters. The summed E-state index contributed by atoms with van der Waals surface area (Å²) in [7, 11) is 0. The lowest BCUT2D eigenvalue weighted by molar-refractivity contribution is 0.409. The van der Waals surface area contributed by atoms with Crippen molar-refractivity contribution in [2.45, 2.75) is 38.1 Å². The predicted octanol–water partition coefficient (Wildman–Crippen LogP) is 4.38. The molecular formula is C17H21N. The van der Waals surface area contributed by atoms with Gasteiger partial charge in [0.25, 0.3) is 0 Å². The van der Waals surface area contributed by atoms with Crippen LogP contribution >= 0.6 is 0 Å². The highest BCUT2D eigenvalue weighted by atomic mass is 14.9. The van der Waals surface area contributed by atoms with Gasteiger partial charge in [0.05, 0.1) is 5.70 Å². The maximum atomic E-state index is 3.80. The molecule has 0 radical (unpaired) electrons. The van der Waals surface area contributed by atoms with Crippen LogP contribution in [0, 0.1) is 0 Å². The van der Waals surface area contributed by atoms with Crippen molar-refractivity contribution >= 4 is 11.8 Å². The average molecular weight is 239 g/mol. The van der Waals surface area contributed by atoms with E-state index in [2.05, 4.69) is 48.5 Å². The van der Waals surface area contributed by atoms with Crippen LogP contribution in [0.4, 0.5) is 0 Å². The summed E-state index contributed by atoms with van der Waals surface area (Å²) in [5.41, 5.74) is 6.35. The maximum Gasteiger partial charge on any atom is 0.0843 e. The Hall–Kier alpha value is -1.72. The predicted molar refractivity (Wildman–Crippen MR) is 79.1 cm³/mol. The van der Waals surface area contributed by atoms with Gasteiger partial charge in [0.1, 0.15) is 0 Å². The Bertz CT molecular complexity index is 443. The molecule has 2 rings (SSSR count). The third-order valence-corrected chi connectivity index (χ3v) is 3.57. The summed E-state index contributed by atoms with van der Waals surface area (Å²) >= 11 is 0. The fourth-order valence-corrected chi connectivity index (χ4v) is 2.47. The van der Waals surface area contributed by atoms with E-state index in [1.54, 1.807) is 0 Å². The zero-order chi connectivity index (χ0) is 12.8. The van der Waals surface area contributed by atoms with Crippen molar-refractivity contribution in [3.8, 4) is 0 Å². The van der Waals surface area contributed by atoms with Gasteiger partial charge in [0.15, 0.2) is 0 Å². The quantitative estimate of drug-likeness (QED) is 0.769. The first-order valence-electron chi connectivity index (χ1n) is 6.73. The van der Waals surface area contributed by atoms with Crippen molar-refractivity contribution in [1.29, 1.82) is 0 Å². The molecule has 1 N–H and O–H groups in total. The van der Waals surface area contributed by atoms with Gasteiger partial charge >= 0.3 is 0 Å². The average Bonchev–Trinajstić information content (AvgIpc) is 2.46. The van der Waals surface area contributed by atoms with Crippen molar-refractivity contribution in [2.75, 3.05) is 0 Å². The fourth-order valence-electron chi connectivity index (χ4n) is 2.47.